The molecule has 0 aliphatic carbocycles. The molecule has 186 valence electrons. The van der Waals surface area contributed by atoms with Crippen LogP contribution in [0, 0.1) is 5.82 Å². The molecule has 1 aliphatic heterocycles. The minimum atomic E-state index is -0.887. The highest BCUT2D eigenvalue weighted by Gasteiger charge is 2.23. The molecular formula is C25H26F2N7O2+. The van der Waals surface area contributed by atoms with E-state index in [2.05, 4.69) is 30.5 Å². The van der Waals surface area contributed by atoms with Gasteiger partial charge in [-0.3, -0.25) is 20.0 Å². The molecule has 0 fully saturated rings. The number of amides is 1. The Bertz CT molecular complexity index is 1440. The molecule has 2 aromatic heterocycles. The number of H-pyrrole nitrogens is 2. The molecule has 3 heterocycles. The van der Waals surface area contributed by atoms with Crippen LogP contribution in [-0.4, -0.2) is 47.6 Å². The van der Waals surface area contributed by atoms with E-state index in [-0.39, 0.29) is 17.9 Å². The maximum Gasteiger partial charge on any atom is 0.351 e. The molecule has 0 atom stereocenters. The molecule has 9 nitrogen and oxygen atoms in total. The van der Waals surface area contributed by atoms with Crippen molar-refractivity contribution >= 4 is 40.1 Å². The van der Waals surface area contributed by atoms with Crippen molar-refractivity contribution in [2.45, 2.75) is 13.0 Å². The van der Waals surface area contributed by atoms with Gasteiger partial charge in [-0.25, -0.2) is 13.8 Å². The average Bonchev–Trinajstić information content (AvgIpc) is 3.33. The van der Waals surface area contributed by atoms with Gasteiger partial charge in [0, 0.05) is 25.8 Å². The van der Waals surface area contributed by atoms with Gasteiger partial charge >= 0.3 is 5.95 Å². The number of carbonyl (C=O) groups is 1. The Kier molecular flexibility index (Phi) is 6.38. The topological polar surface area (TPSA) is 122 Å². The molecule has 0 saturated heterocycles. The number of benzene rings is 2. The Balaban J connectivity index is 1.51. The molecule has 5 rings (SSSR count). The van der Waals surface area contributed by atoms with Gasteiger partial charge in [-0.1, -0.05) is 11.1 Å². The number of nitrogens with two attached hydrogens (primary N) is 1. The first-order valence-corrected chi connectivity index (χ1v) is 11.5. The van der Waals surface area contributed by atoms with Crippen LogP contribution in [0.1, 0.15) is 21.5 Å². The summed E-state index contributed by atoms with van der Waals surface area (Å²) in [5.41, 5.74) is 8.94. The van der Waals surface area contributed by atoms with Crippen LogP contribution in [-0.2, 0) is 13.0 Å². The predicted octanol–water partition coefficient (Wildman–Crippen LogP) is 3.44. The van der Waals surface area contributed by atoms with E-state index in [4.69, 9.17) is 10.5 Å². The lowest BCUT2D eigenvalue weighted by atomic mass is 9.98. The number of hydrogen-bond donors (Lipinski definition) is 4. The number of primary amides is 1. The molecule has 0 saturated carbocycles. The highest BCUT2D eigenvalue weighted by atomic mass is 19.1. The largest absolute Gasteiger partial charge is 0.493 e. The quantitative estimate of drug-likeness (QED) is 0.298. The molecule has 1 amide bonds. The Morgan fingerprint density at radius 3 is 2.89 bits per heavy atom. The van der Waals surface area contributed by atoms with Crippen LogP contribution in [0.15, 0.2) is 42.6 Å². The summed E-state index contributed by atoms with van der Waals surface area (Å²) in [5, 5.41) is 7.00. The minimum Gasteiger partial charge on any atom is -0.493 e. The molecule has 0 bridgehead atoms. The van der Waals surface area contributed by atoms with Crippen molar-refractivity contribution in [3.63, 3.8) is 0 Å². The second kappa shape index (κ2) is 9.78. The second-order valence-electron chi connectivity index (χ2n) is 8.51. The summed E-state index contributed by atoms with van der Waals surface area (Å²) in [6.07, 6.45) is 2.55. The van der Waals surface area contributed by atoms with E-state index in [1.54, 1.807) is 25.4 Å². The summed E-state index contributed by atoms with van der Waals surface area (Å²) < 4.78 is 32.8. The Morgan fingerprint density at radius 2 is 2.11 bits per heavy atom. The summed E-state index contributed by atoms with van der Waals surface area (Å²) in [7, 11) is 1.60. The number of ether oxygens (including phenoxy) is 1. The van der Waals surface area contributed by atoms with E-state index in [0.717, 1.165) is 24.1 Å². The standard InChI is InChI=1S/C25H25F2N7O2/c1-36-20-12-14-6-9-34(10-7-26)13-15(14)11-19(20)31-25-32-23-16(5-8-29-23)24(33-25)30-18-4-2-3-17(27)21(18)22(28)35/h2-5,8,11-12H,6-7,9-10,13H2,1H3,(H2,28,35)(H3,29,30,31,32,33)/p+1. The van der Waals surface area contributed by atoms with Crippen molar-refractivity contribution in [3.05, 3.63) is 65.1 Å². The normalized spacial score (nSPS) is 13.4. The lowest BCUT2D eigenvalue weighted by Gasteiger charge is -2.28. The van der Waals surface area contributed by atoms with Crippen molar-refractivity contribution in [1.82, 2.24) is 14.9 Å². The molecule has 2 aromatic carbocycles. The van der Waals surface area contributed by atoms with Crippen molar-refractivity contribution in [2.75, 3.05) is 37.5 Å². The van der Waals surface area contributed by atoms with Crippen molar-refractivity contribution in [1.29, 1.82) is 0 Å². The zero-order chi connectivity index (χ0) is 25.2. The summed E-state index contributed by atoms with van der Waals surface area (Å²) in [4.78, 5) is 24.9. The third-order valence-electron chi connectivity index (χ3n) is 6.25. The van der Waals surface area contributed by atoms with Crippen LogP contribution in [0.3, 0.4) is 0 Å². The van der Waals surface area contributed by atoms with Crippen molar-refractivity contribution in [3.8, 4) is 5.75 Å². The van der Waals surface area contributed by atoms with Gasteiger partial charge in [0.15, 0.2) is 5.75 Å². The van der Waals surface area contributed by atoms with Crippen LogP contribution in [0.25, 0.3) is 11.0 Å². The van der Waals surface area contributed by atoms with Crippen molar-refractivity contribution in [2.24, 2.45) is 5.73 Å². The van der Waals surface area contributed by atoms with Crippen LogP contribution >= 0.6 is 0 Å². The first-order valence-electron chi connectivity index (χ1n) is 11.5. The molecule has 6 N–H and O–H groups in total. The molecule has 4 aromatic rings. The first kappa shape index (κ1) is 23.5. The van der Waals surface area contributed by atoms with E-state index < -0.39 is 11.7 Å². The first-order chi connectivity index (χ1) is 17.5. The van der Waals surface area contributed by atoms with Gasteiger partial charge in [-0.2, -0.15) is 0 Å². The average molecular weight is 495 g/mol. The number of aromatic amines is 2. The number of fused-ring (bicyclic) bond motifs is 2. The van der Waals surface area contributed by atoms with Crippen LogP contribution in [0.2, 0.25) is 0 Å². The summed E-state index contributed by atoms with van der Waals surface area (Å²) >= 11 is 0. The number of hydrogen-bond acceptors (Lipinski definition) is 6. The van der Waals surface area contributed by atoms with E-state index in [9.17, 15) is 13.6 Å². The number of nitrogens with zero attached hydrogens (tertiary/aromatic N) is 2. The summed E-state index contributed by atoms with van der Waals surface area (Å²) in [5.74, 6) is -0.211. The van der Waals surface area contributed by atoms with Gasteiger partial charge in [0.05, 0.1) is 23.7 Å². The third-order valence-corrected chi connectivity index (χ3v) is 6.25. The third kappa shape index (κ3) is 4.52. The van der Waals surface area contributed by atoms with E-state index in [1.807, 2.05) is 12.1 Å². The summed E-state index contributed by atoms with van der Waals surface area (Å²) in [6.45, 7) is 1.46. The molecule has 0 unspecified atom stereocenters. The fraction of sp³-hybridized carbons (Fsp3) is 0.240. The lowest BCUT2D eigenvalue weighted by molar-refractivity contribution is -0.333. The maximum atomic E-state index is 14.3. The molecule has 36 heavy (non-hydrogen) atoms. The van der Waals surface area contributed by atoms with Crippen molar-refractivity contribution < 1.29 is 23.3 Å². The van der Waals surface area contributed by atoms with E-state index in [1.165, 1.54) is 12.1 Å². The number of halogens is 2. The van der Waals surface area contributed by atoms with Gasteiger partial charge < -0.3 is 15.8 Å². The van der Waals surface area contributed by atoms with Crippen LogP contribution in [0.5, 0.6) is 5.75 Å². The smallest absolute Gasteiger partial charge is 0.351 e. The summed E-state index contributed by atoms with van der Waals surface area (Å²) in [6, 6.07) is 9.99. The second-order valence-corrected chi connectivity index (χ2v) is 8.51. The van der Waals surface area contributed by atoms with Gasteiger partial charge in [0.25, 0.3) is 5.91 Å². The van der Waals surface area contributed by atoms with Gasteiger partial charge in [-0.15, -0.1) is 0 Å². The number of nitrogens with one attached hydrogen (secondary N) is 4. The minimum absolute atomic E-state index is 0.203. The van der Waals surface area contributed by atoms with Crippen LogP contribution in [0.4, 0.5) is 31.9 Å². The number of rotatable bonds is 8. The molecule has 0 spiro atoms. The van der Waals surface area contributed by atoms with Gasteiger partial charge in [-0.05, 0) is 47.9 Å². The van der Waals surface area contributed by atoms with Crippen LogP contribution < -0.4 is 26.1 Å². The molecule has 11 heteroatoms. The Hall–Kier alpha value is -4.25. The Morgan fingerprint density at radius 1 is 1.25 bits per heavy atom. The fourth-order valence-electron chi connectivity index (χ4n) is 4.50. The van der Waals surface area contributed by atoms with Gasteiger partial charge in [0.1, 0.15) is 18.2 Å². The SMILES string of the molecule is COc1cc2c(cc1Nc1nc(Nc3cccc(F)c3C(N)=O)c3cc[nH]c3[nH+]1)CN(CCF)CC2. The molecular weight excluding hydrogens is 468 g/mol. The number of anilines is 4. The number of methoxy groups -OCH3 is 1. The van der Waals surface area contributed by atoms with Gasteiger partial charge in [0.2, 0.25) is 11.5 Å². The monoisotopic (exact) mass is 494 g/mol. The number of alkyl halides is 1. The zero-order valence-corrected chi connectivity index (χ0v) is 19.6. The van der Waals surface area contributed by atoms with E-state index in [0.29, 0.717) is 47.3 Å². The Labute approximate surface area is 205 Å². The predicted molar refractivity (Wildman–Crippen MR) is 132 cm³/mol. The highest BCUT2D eigenvalue weighted by Crippen LogP contribution is 2.34. The fourth-order valence-corrected chi connectivity index (χ4v) is 4.50. The molecule has 0 radical (unpaired) electrons. The maximum absolute atomic E-state index is 14.3. The van der Waals surface area contributed by atoms with E-state index >= 15 is 0 Å². The number of carbonyl (C=O) groups excluding carboxylic acids is 1. The zero-order valence-electron chi connectivity index (χ0n) is 19.6. The molecule has 1 aliphatic rings. The number of aromatic nitrogens is 3. The highest BCUT2D eigenvalue weighted by molar-refractivity contribution is 6.00. The lowest BCUT2D eigenvalue weighted by Crippen LogP contribution is -2.32.